The van der Waals surface area contributed by atoms with Crippen LogP contribution >= 0.6 is 0 Å². The lowest BCUT2D eigenvalue weighted by molar-refractivity contribution is 0.509. The highest BCUT2D eigenvalue weighted by molar-refractivity contribution is 5.92. The fourth-order valence-corrected chi connectivity index (χ4v) is 1.88. The molecule has 3 rings (SSSR count). The second-order valence-corrected chi connectivity index (χ2v) is 3.98. The van der Waals surface area contributed by atoms with Crippen LogP contribution in [0, 0.1) is 0 Å². The van der Waals surface area contributed by atoms with Gasteiger partial charge < -0.3 is 4.42 Å². The van der Waals surface area contributed by atoms with Crippen LogP contribution in [0.25, 0.3) is 10.8 Å². The van der Waals surface area contributed by atoms with Gasteiger partial charge in [-0.3, -0.25) is 0 Å². The molecule has 0 fully saturated rings. The van der Waals surface area contributed by atoms with Crippen molar-refractivity contribution >= 4 is 16.5 Å². The number of nitrogens with zero attached hydrogens (tertiary/aromatic N) is 2. The minimum absolute atomic E-state index is 0.468. The lowest BCUT2D eigenvalue weighted by atomic mass is 10.1. The number of rotatable bonds is 3. The topological polar surface area (TPSA) is 37.9 Å². The zero-order valence-corrected chi connectivity index (χ0v) is 9.78. The molecule has 0 aliphatic carbocycles. The largest absolute Gasteiger partial charge is 0.467 e. The lowest BCUT2D eigenvalue weighted by Gasteiger charge is -1.99. The molecule has 0 saturated heterocycles. The Balaban J connectivity index is 1.88. The summed E-state index contributed by atoms with van der Waals surface area (Å²) in [6, 6.07) is 17.9. The molecule has 3 nitrogen and oxygen atoms in total. The summed E-state index contributed by atoms with van der Waals surface area (Å²) in [5.74, 6) is 0.819. The summed E-state index contributed by atoms with van der Waals surface area (Å²) in [4.78, 5) is 0. The van der Waals surface area contributed by atoms with Crippen molar-refractivity contribution in [1.82, 2.24) is 0 Å². The third kappa shape index (κ3) is 2.15. The quantitative estimate of drug-likeness (QED) is 0.606. The van der Waals surface area contributed by atoms with Gasteiger partial charge in [0.05, 0.1) is 12.0 Å². The predicted molar refractivity (Wildman–Crippen MR) is 70.9 cm³/mol. The van der Waals surface area contributed by atoms with E-state index < -0.39 is 0 Å². The third-order valence-corrected chi connectivity index (χ3v) is 2.75. The molecule has 3 heteroatoms. The van der Waals surface area contributed by atoms with Crippen LogP contribution in [0.15, 0.2) is 75.5 Å². The molecule has 3 aromatic rings. The zero-order chi connectivity index (χ0) is 12.2. The lowest BCUT2D eigenvalue weighted by Crippen LogP contribution is -1.75. The van der Waals surface area contributed by atoms with Crippen LogP contribution in [0.3, 0.4) is 0 Å². The minimum atomic E-state index is 0.468. The molecule has 0 amide bonds. The molecule has 18 heavy (non-hydrogen) atoms. The normalized spacial score (nSPS) is 11.3. The molecule has 0 saturated carbocycles. The van der Waals surface area contributed by atoms with Gasteiger partial charge in [-0.15, -0.1) is 0 Å². The van der Waals surface area contributed by atoms with E-state index in [0.717, 1.165) is 16.8 Å². The molecular weight excluding hydrogens is 224 g/mol. The Kier molecular flexibility index (Phi) is 2.88. The van der Waals surface area contributed by atoms with Crippen molar-refractivity contribution in [2.24, 2.45) is 10.2 Å². The molecule has 1 heterocycles. The molecule has 1 aromatic heterocycles. The van der Waals surface area contributed by atoms with Gasteiger partial charge in [-0.25, -0.2) is 0 Å². The summed E-state index contributed by atoms with van der Waals surface area (Å²) < 4.78 is 5.21. The molecule has 0 atom stereocenters. The molecule has 0 unspecified atom stereocenters. The van der Waals surface area contributed by atoms with Crippen LogP contribution in [0.5, 0.6) is 0 Å². The molecule has 0 aliphatic heterocycles. The summed E-state index contributed by atoms with van der Waals surface area (Å²) in [6.45, 7) is 0.468. The number of benzene rings is 2. The summed E-state index contributed by atoms with van der Waals surface area (Å²) in [7, 11) is 0. The number of fused-ring (bicyclic) bond motifs is 1. The van der Waals surface area contributed by atoms with E-state index in [0.29, 0.717) is 6.54 Å². The zero-order valence-electron chi connectivity index (χ0n) is 9.78. The van der Waals surface area contributed by atoms with Crippen LogP contribution in [-0.4, -0.2) is 0 Å². The number of hydrogen-bond acceptors (Lipinski definition) is 3. The Morgan fingerprint density at radius 1 is 0.889 bits per heavy atom. The van der Waals surface area contributed by atoms with Gasteiger partial charge in [-0.1, -0.05) is 36.4 Å². The molecule has 0 aliphatic rings. The SMILES string of the molecule is c1coc(CN=Nc2cccc3ccccc23)c1. The standard InChI is InChI=1S/C15H12N2O/c1-2-8-14-12(5-1)6-3-9-15(14)17-16-11-13-7-4-10-18-13/h1-10H,11H2. The van der Waals surface area contributed by atoms with E-state index in [1.807, 2.05) is 36.4 Å². The average Bonchev–Trinajstić information content (AvgIpc) is 2.92. The molecule has 0 N–H and O–H groups in total. The number of furan rings is 1. The van der Waals surface area contributed by atoms with E-state index in [4.69, 9.17) is 4.42 Å². The fourth-order valence-electron chi connectivity index (χ4n) is 1.88. The van der Waals surface area contributed by atoms with Crippen molar-refractivity contribution in [2.45, 2.75) is 6.54 Å². The van der Waals surface area contributed by atoms with Crippen molar-refractivity contribution < 1.29 is 4.42 Å². The van der Waals surface area contributed by atoms with E-state index in [1.165, 1.54) is 5.39 Å². The molecule has 2 aromatic carbocycles. The van der Waals surface area contributed by atoms with Crippen LogP contribution < -0.4 is 0 Å². The molecule has 0 bridgehead atoms. The maximum atomic E-state index is 5.21. The van der Waals surface area contributed by atoms with Crippen molar-refractivity contribution in [3.63, 3.8) is 0 Å². The van der Waals surface area contributed by atoms with E-state index in [9.17, 15) is 0 Å². The first-order valence-electron chi connectivity index (χ1n) is 5.81. The Morgan fingerprint density at radius 3 is 2.67 bits per heavy atom. The number of azo groups is 1. The Bertz CT molecular complexity index is 667. The molecule has 88 valence electrons. The fraction of sp³-hybridized carbons (Fsp3) is 0.0667. The van der Waals surface area contributed by atoms with Gasteiger partial charge in [0.25, 0.3) is 0 Å². The minimum Gasteiger partial charge on any atom is -0.467 e. The van der Waals surface area contributed by atoms with Gasteiger partial charge in [-0.2, -0.15) is 10.2 Å². The summed E-state index contributed by atoms with van der Waals surface area (Å²) in [5, 5.41) is 10.7. The second-order valence-electron chi connectivity index (χ2n) is 3.98. The van der Waals surface area contributed by atoms with Crippen LogP contribution in [0.2, 0.25) is 0 Å². The smallest absolute Gasteiger partial charge is 0.127 e. The van der Waals surface area contributed by atoms with Crippen molar-refractivity contribution in [3.8, 4) is 0 Å². The Hall–Kier alpha value is -2.42. The van der Waals surface area contributed by atoms with Gasteiger partial charge >= 0.3 is 0 Å². The first-order valence-corrected chi connectivity index (χ1v) is 5.81. The van der Waals surface area contributed by atoms with E-state index in [1.54, 1.807) is 6.26 Å². The molecule has 0 spiro atoms. The molecular formula is C15H12N2O. The summed E-state index contributed by atoms with van der Waals surface area (Å²) in [5.41, 5.74) is 0.889. The van der Waals surface area contributed by atoms with Gasteiger partial charge in [-0.05, 0) is 23.6 Å². The van der Waals surface area contributed by atoms with Gasteiger partial charge in [0, 0.05) is 5.39 Å². The van der Waals surface area contributed by atoms with Crippen LogP contribution in [-0.2, 0) is 6.54 Å². The van der Waals surface area contributed by atoms with E-state index in [-0.39, 0.29) is 0 Å². The average molecular weight is 236 g/mol. The predicted octanol–water partition coefficient (Wildman–Crippen LogP) is 4.72. The van der Waals surface area contributed by atoms with Gasteiger partial charge in [0.2, 0.25) is 0 Å². The monoisotopic (exact) mass is 236 g/mol. The van der Waals surface area contributed by atoms with Crippen LogP contribution in [0.4, 0.5) is 5.69 Å². The highest BCUT2D eigenvalue weighted by Gasteiger charge is 1.98. The Morgan fingerprint density at radius 2 is 1.78 bits per heavy atom. The van der Waals surface area contributed by atoms with E-state index in [2.05, 4.69) is 28.4 Å². The summed E-state index contributed by atoms with van der Waals surface area (Å²) >= 11 is 0. The highest BCUT2D eigenvalue weighted by Crippen LogP contribution is 2.25. The third-order valence-electron chi connectivity index (χ3n) is 2.75. The van der Waals surface area contributed by atoms with E-state index >= 15 is 0 Å². The van der Waals surface area contributed by atoms with Gasteiger partial charge in [0.15, 0.2) is 0 Å². The molecule has 0 radical (unpaired) electrons. The second kappa shape index (κ2) is 4.84. The Labute approximate surface area is 105 Å². The number of hydrogen-bond donors (Lipinski definition) is 0. The first-order chi connectivity index (χ1) is 8.93. The van der Waals surface area contributed by atoms with Crippen molar-refractivity contribution in [2.75, 3.05) is 0 Å². The maximum absolute atomic E-state index is 5.21. The maximum Gasteiger partial charge on any atom is 0.127 e. The van der Waals surface area contributed by atoms with Crippen molar-refractivity contribution in [3.05, 3.63) is 66.6 Å². The van der Waals surface area contributed by atoms with Gasteiger partial charge in [0.1, 0.15) is 12.3 Å². The first kappa shape index (κ1) is 10.7. The van der Waals surface area contributed by atoms with Crippen LogP contribution in [0.1, 0.15) is 5.76 Å². The highest BCUT2D eigenvalue weighted by atomic mass is 16.3. The van der Waals surface area contributed by atoms with Crippen molar-refractivity contribution in [1.29, 1.82) is 0 Å². The summed E-state index contributed by atoms with van der Waals surface area (Å²) in [6.07, 6.45) is 1.64.